The summed E-state index contributed by atoms with van der Waals surface area (Å²) in [5.74, 6) is 5.47. The van der Waals surface area contributed by atoms with E-state index in [0.717, 1.165) is 18.6 Å². The predicted octanol–water partition coefficient (Wildman–Crippen LogP) is 3.22. The van der Waals surface area contributed by atoms with Gasteiger partial charge in [0, 0.05) is 18.6 Å². The summed E-state index contributed by atoms with van der Waals surface area (Å²) in [7, 11) is 0. The second kappa shape index (κ2) is 6.31. The Bertz CT molecular complexity index is 413. The zero-order chi connectivity index (χ0) is 12.7. The van der Waals surface area contributed by atoms with Crippen LogP contribution in [0.4, 0.5) is 13.2 Å². The van der Waals surface area contributed by atoms with E-state index in [2.05, 4.69) is 11.8 Å². The molecule has 17 heavy (non-hydrogen) atoms. The first-order chi connectivity index (χ1) is 8.04. The molecule has 0 unspecified atom stereocenters. The largest absolute Gasteiger partial charge is 0.416 e. The molecule has 0 aliphatic rings. The lowest BCUT2D eigenvalue weighted by molar-refractivity contribution is -0.137. The van der Waals surface area contributed by atoms with Gasteiger partial charge in [0.1, 0.15) is 0 Å². The van der Waals surface area contributed by atoms with E-state index in [9.17, 15) is 13.2 Å². The molecule has 0 aromatic heterocycles. The Morgan fingerprint density at radius 1 is 1.18 bits per heavy atom. The predicted molar refractivity (Wildman–Crippen MR) is 59.3 cm³/mol. The minimum absolute atomic E-state index is 0.116. The number of aliphatic hydroxyl groups excluding tert-OH is 1. The van der Waals surface area contributed by atoms with Crippen molar-refractivity contribution in [3.8, 4) is 11.8 Å². The number of alkyl halides is 3. The minimum Gasteiger partial charge on any atom is -0.396 e. The molecule has 1 nitrogen and oxygen atoms in total. The van der Waals surface area contributed by atoms with Gasteiger partial charge in [0.05, 0.1) is 5.56 Å². The number of rotatable bonds is 3. The topological polar surface area (TPSA) is 20.2 Å². The maximum atomic E-state index is 12.4. The molecule has 1 aromatic rings. The van der Waals surface area contributed by atoms with Gasteiger partial charge < -0.3 is 5.11 Å². The van der Waals surface area contributed by atoms with Gasteiger partial charge in [-0.25, -0.2) is 0 Å². The molecule has 0 saturated heterocycles. The molecule has 1 aromatic carbocycles. The monoisotopic (exact) mass is 242 g/mol. The second-order valence-electron chi connectivity index (χ2n) is 3.56. The third kappa shape index (κ3) is 4.92. The molecule has 0 bridgehead atoms. The Morgan fingerprint density at radius 2 is 1.94 bits per heavy atom. The average molecular weight is 242 g/mol. The fourth-order valence-electron chi connectivity index (χ4n) is 1.26. The third-order valence-electron chi connectivity index (χ3n) is 2.13. The molecule has 1 N–H and O–H groups in total. The van der Waals surface area contributed by atoms with E-state index in [4.69, 9.17) is 5.11 Å². The molecule has 0 aliphatic carbocycles. The Hall–Kier alpha value is -1.47. The highest BCUT2D eigenvalue weighted by atomic mass is 19.4. The zero-order valence-electron chi connectivity index (χ0n) is 9.22. The summed E-state index contributed by atoms with van der Waals surface area (Å²) < 4.78 is 37.1. The van der Waals surface area contributed by atoms with Crippen molar-refractivity contribution < 1.29 is 18.3 Å². The van der Waals surface area contributed by atoms with Gasteiger partial charge >= 0.3 is 6.18 Å². The van der Waals surface area contributed by atoms with Gasteiger partial charge in [-0.15, -0.1) is 0 Å². The van der Waals surface area contributed by atoms with Gasteiger partial charge in [-0.05, 0) is 31.0 Å². The van der Waals surface area contributed by atoms with Crippen molar-refractivity contribution in [2.45, 2.75) is 25.4 Å². The smallest absolute Gasteiger partial charge is 0.396 e. The molecule has 0 aliphatic heterocycles. The van der Waals surface area contributed by atoms with Crippen LogP contribution < -0.4 is 0 Å². The van der Waals surface area contributed by atoms with Crippen LogP contribution in [0.5, 0.6) is 0 Å². The van der Waals surface area contributed by atoms with Crippen LogP contribution in [0.25, 0.3) is 0 Å². The van der Waals surface area contributed by atoms with Crippen LogP contribution in [-0.2, 0) is 6.18 Å². The summed E-state index contributed by atoms with van der Waals surface area (Å²) in [5.41, 5.74) is -0.316. The maximum absolute atomic E-state index is 12.4. The standard InChI is InChI=1S/C13H13F3O/c14-13(15,16)12-8-5-7-11(10-12)6-3-1-2-4-9-17/h5,7-8,10,17H,1-2,4,9H2. The number of hydrogen-bond donors (Lipinski definition) is 1. The summed E-state index contributed by atoms with van der Waals surface area (Å²) in [5, 5.41) is 8.54. The molecule has 0 radical (unpaired) electrons. The molecule has 1 rings (SSSR count). The molecule has 4 heteroatoms. The summed E-state index contributed by atoms with van der Waals surface area (Å²) >= 11 is 0. The Kier molecular flexibility index (Phi) is 5.05. The zero-order valence-corrected chi connectivity index (χ0v) is 9.22. The Morgan fingerprint density at radius 3 is 2.59 bits per heavy atom. The normalized spacial score (nSPS) is 10.8. The van der Waals surface area contributed by atoms with Crippen LogP contribution in [0, 0.1) is 11.8 Å². The SMILES string of the molecule is OCCCCC#Cc1cccc(C(F)(F)F)c1. The fraction of sp³-hybridized carbons (Fsp3) is 0.385. The van der Waals surface area contributed by atoms with Crippen LogP contribution in [0.3, 0.4) is 0 Å². The lowest BCUT2D eigenvalue weighted by Gasteiger charge is -2.05. The molecular formula is C13H13F3O. The summed E-state index contributed by atoms with van der Waals surface area (Å²) in [6.07, 6.45) is -2.33. The minimum atomic E-state index is -4.32. The molecule has 0 heterocycles. The van der Waals surface area contributed by atoms with Crippen molar-refractivity contribution >= 4 is 0 Å². The third-order valence-corrected chi connectivity index (χ3v) is 2.13. The first-order valence-electron chi connectivity index (χ1n) is 5.31. The van der Waals surface area contributed by atoms with Gasteiger partial charge in [0.2, 0.25) is 0 Å². The number of unbranched alkanes of at least 4 members (excludes halogenated alkanes) is 2. The Balaban J connectivity index is 2.66. The van der Waals surface area contributed by atoms with E-state index < -0.39 is 11.7 Å². The lowest BCUT2D eigenvalue weighted by Crippen LogP contribution is -2.04. The maximum Gasteiger partial charge on any atom is 0.416 e. The van der Waals surface area contributed by atoms with Crippen molar-refractivity contribution in [3.63, 3.8) is 0 Å². The summed E-state index contributed by atoms with van der Waals surface area (Å²) in [6, 6.07) is 4.96. The van der Waals surface area contributed by atoms with Crippen molar-refractivity contribution in [2.75, 3.05) is 6.61 Å². The van der Waals surface area contributed by atoms with E-state index in [1.165, 1.54) is 6.07 Å². The molecule has 92 valence electrons. The highest BCUT2D eigenvalue weighted by Crippen LogP contribution is 2.29. The number of aliphatic hydroxyl groups is 1. The highest BCUT2D eigenvalue weighted by molar-refractivity contribution is 5.37. The molecule has 0 atom stereocenters. The quantitative estimate of drug-likeness (QED) is 0.637. The van der Waals surface area contributed by atoms with E-state index in [1.54, 1.807) is 6.07 Å². The molecular weight excluding hydrogens is 229 g/mol. The number of hydrogen-bond acceptors (Lipinski definition) is 1. The van der Waals surface area contributed by atoms with E-state index in [-0.39, 0.29) is 6.61 Å². The van der Waals surface area contributed by atoms with Crippen LogP contribution in [-0.4, -0.2) is 11.7 Å². The van der Waals surface area contributed by atoms with Crippen molar-refractivity contribution in [1.29, 1.82) is 0 Å². The van der Waals surface area contributed by atoms with Crippen molar-refractivity contribution in [2.24, 2.45) is 0 Å². The van der Waals surface area contributed by atoms with Crippen LogP contribution in [0.15, 0.2) is 24.3 Å². The van der Waals surface area contributed by atoms with Gasteiger partial charge in [0.15, 0.2) is 0 Å². The van der Waals surface area contributed by atoms with Crippen LogP contribution >= 0.6 is 0 Å². The average Bonchev–Trinajstić information content (AvgIpc) is 2.28. The lowest BCUT2D eigenvalue weighted by atomic mass is 10.1. The summed E-state index contributed by atoms with van der Waals surface area (Å²) in [6.45, 7) is 0.116. The second-order valence-corrected chi connectivity index (χ2v) is 3.56. The fourth-order valence-corrected chi connectivity index (χ4v) is 1.26. The van der Waals surface area contributed by atoms with Crippen molar-refractivity contribution in [3.05, 3.63) is 35.4 Å². The van der Waals surface area contributed by atoms with E-state index in [1.807, 2.05) is 0 Å². The highest BCUT2D eigenvalue weighted by Gasteiger charge is 2.30. The number of benzene rings is 1. The van der Waals surface area contributed by atoms with E-state index in [0.29, 0.717) is 18.4 Å². The first kappa shape index (κ1) is 13.6. The first-order valence-corrected chi connectivity index (χ1v) is 5.31. The van der Waals surface area contributed by atoms with E-state index >= 15 is 0 Å². The molecule has 0 amide bonds. The van der Waals surface area contributed by atoms with Crippen LogP contribution in [0.2, 0.25) is 0 Å². The van der Waals surface area contributed by atoms with Gasteiger partial charge in [0.25, 0.3) is 0 Å². The van der Waals surface area contributed by atoms with Gasteiger partial charge in [-0.3, -0.25) is 0 Å². The number of halogens is 3. The van der Waals surface area contributed by atoms with Crippen LogP contribution in [0.1, 0.15) is 30.4 Å². The molecule has 0 saturated carbocycles. The van der Waals surface area contributed by atoms with Crippen molar-refractivity contribution in [1.82, 2.24) is 0 Å². The van der Waals surface area contributed by atoms with Gasteiger partial charge in [-0.2, -0.15) is 13.2 Å². The molecule has 0 spiro atoms. The molecule has 0 fully saturated rings. The summed E-state index contributed by atoms with van der Waals surface area (Å²) in [4.78, 5) is 0. The Labute approximate surface area is 98.3 Å². The van der Waals surface area contributed by atoms with Gasteiger partial charge in [-0.1, -0.05) is 17.9 Å².